The van der Waals surface area contributed by atoms with Crippen LogP contribution >= 0.6 is 11.6 Å². The monoisotopic (exact) mass is 292 g/mol. The zero-order valence-corrected chi connectivity index (χ0v) is 12.1. The van der Waals surface area contributed by atoms with Gasteiger partial charge in [-0.3, -0.25) is 0 Å². The van der Waals surface area contributed by atoms with Crippen molar-refractivity contribution in [2.75, 3.05) is 20.3 Å². The molecule has 2 aromatic rings. The van der Waals surface area contributed by atoms with Gasteiger partial charge in [0.1, 0.15) is 24.0 Å². The van der Waals surface area contributed by atoms with Gasteiger partial charge < -0.3 is 14.8 Å². The van der Waals surface area contributed by atoms with Gasteiger partial charge in [-0.2, -0.15) is 0 Å². The summed E-state index contributed by atoms with van der Waals surface area (Å²) < 4.78 is 11.0. The lowest BCUT2D eigenvalue weighted by molar-refractivity contribution is 0.212. The number of hydrogen-bond acceptors (Lipinski definition) is 4. The Bertz CT molecular complexity index is 535. The molecule has 0 saturated carbocycles. The number of aromatic nitrogens is 1. The highest BCUT2D eigenvalue weighted by Gasteiger charge is 2.04. The van der Waals surface area contributed by atoms with Gasteiger partial charge in [0.15, 0.2) is 0 Å². The minimum atomic E-state index is 0.396. The molecule has 0 fully saturated rings. The standard InChI is InChI=1S/C15H17ClN2O2/c1-17-10-12-9-14(16)15(18-11-12)20-8-7-19-13-5-3-2-4-6-13/h2-6,9,11,17H,7-8,10H2,1H3. The van der Waals surface area contributed by atoms with E-state index in [-0.39, 0.29) is 0 Å². The fourth-order valence-electron chi connectivity index (χ4n) is 1.69. The quantitative estimate of drug-likeness (QED) is 0.797. The number of hydrogen-bond donors (Lipinski definition) is 1. The predicted molar refractivity (Wildman–Crippen MR) is 79.4 cm³/mol. The van der Waals surface area contributed by atoms with Gasteiger partial charge in [-0.25, -0.2) is 4.98 Å². The molecular formula is C15H17ClN2O2. The van der Waals surface area contributed by atoms with Crippen molar-refractivity contribution < 1.29 is 9.47 Å². The fourth-order valence-corrected chi connectivity index (χ4v) is 1.93. The number of rotatable bonds is 7. The summed E-state index contributed by atoms with van der Waals surface area (Å²) in [7, 11) is 1.87. The Kier molecular flexibility index (Phi) is 5.65. The summed E-state index contributed by atoms with van der Waals surface area (Å²) in [6.07, 6.45) is 1.75. The minimum Gasteiger partial charge on any atom is -0.490 e. The van der Waals surface area contributed by atoms with Crippen molar-refractivity contribution in [3.05, 3.63) is 53.2 Å². The average molecular weight is 293 g/mol. The van der Waals surface area contributed by atoms with Gasteiger partial charge in [0, 0.05) is 12.7 Å². The van der Waals surface area contributed by atoms with E-state index in [1.165, 1.54) is 0 Å². The van der Waals surface area contributed by atoms with Crippen molar-refractivity contribution in [2.45, 2.75) is 6.54 Å². The summed E-state index contributed by atoms with van der Waals surface area (Å²) in [5, 5.41) is 3.55. The van der Waals surface area contributed by atoms with E-state index in [1.54, 1.807) is 6.20 Å². The van der Waals surface area contributed by atoms with Crippen LogP contribution in [-0.2, 0) is 6.54 Å². The Morgan fingerprint density at radius 1 is 1.15 bits per heavy atom. The van der Waals surface area contributed by atoms with Gasteiger partial charge in [-0.05, 0) is 30.8 Å². The Balaban J connectivity index is 1.79. The normalized spacial score (nSPS) is 10.3. The molecule has 1 heterocycles. The topological polar surface area (TPSA) is 43.4 Å². The molecule has 0 atom stereocenters. The Morgan fingerprint density at radius 2 is 1.90 bits per heavy atom. The number of ether oxygens (including phenoxy) is 2. The van der Waals surface area contributed by atoms with Gasteiger partial charge >= 0.3 is 0 Å². The molecule has 4 nitrogen and oxygen atoms in total. The average Bonchev–Trinajstić information content (AvgIpc) is 2.47. The number of benzene rings is 1. The largest absolute Gasteiger partial charge is 0.490 e. The summed E-state index contributed by atoms with van der Waals surface area (Å²) in [6, 6.07) is 11.4. The van der Waals surface area contributed by atoms with Gasteiger partial charge in [-0.1, -0.05) is 29.8 Å². The summed E-state index contributed by atoms with van der Waals surface area (Å²) >= 11 is 6.10. The molecule has 0 saturated heterocycles. The first-order valence-electron chi connectivity index (χ1n) is 6.39. The smallest absolute Gasteiger partial charge is 0.232 e. The highest BCUT2D eigenvalue weighted by Crippen LogP contribution is 2.22. The van der Waals surface area contributed by atoms with E-state index in [4.69, 9.17) is 21.1 Å². The minimum absolute atomic E-state index is 0.396. The Morgan fingerprint density at radius 3 is 2.60 bits per heavy atom. The van der Waals surface area contributed by atoms with Crippen LogP contribution in [0.15, 0.2) is 42.6 Å². The van der Waals surface area contributed by atoms with Crippen LogP contribution in [0.5, 0.6) is 11.6 Å². The molecule has 0 aliphatic carbocycles. The molecule has 1 aromatic heterocycles. The lowest BCUT2D eigenvalue weighted by Gasteiger charge is -2.09. The van der Waals surface area contributed by atoms with Crippen LogP contribution < -0.4 is 14.8 Å². The van der Waals surface area contributed by atoms with E-state index in [1.807, 2.05) is 43.4 Å². The molecule has 0 aliphatic rings. The van der Waals surface area contributed by atoms with Crippen molar-refractivity contribution in [2.24, 2.45) is 0 Å². The number of halogens is 1. The second-order valence-corrected chi connectivity index (χ2v) is 4.58. The molecule has 0 radical (unpaired) electrons. The zero-order chi connectivity index (χ0) is 14.2. The molecule has 0 aliphatic heterocycles. The molecule has 0 bridgehead atoms. The molecule has 20 heavy (non-hydrogen) atoms. The maximum absolute atomic E-state index is 6.10. The van der Waals surface area contributed by atoms with Gasteiger partial charge in [0.25, 0.3) is 0 Å². The fraction of sp³-hybridized carbons (Fsp3) is 0.267. The van der Waals surface area contributed by atoms with Gasteiger partial charge in [0.2, 0.25) is 5.88 Å². The lowest BCUT2D eigenvalue weighted by atomic mass is 10.3. The van der Waals surface area contributed by atoms with Crippen molar-refractivity contribution in [1.82, 2.24) is 10.3 Å². The molecule has 5 heteroatoms. The summed E-state index contributed by atoms with van der Waals surface area (Å²) in [5.74, 6) is 1.25. The van der Waals surface area contributed by atoms with Crippen molar-refractivity contribution >= 4 is 11.6 Å². The maximum atomic E-state index is 6.10. The third-order valence-electron chi connectivity index (χ3n) is 2.58. The van der Waals surface area contributed by atoms with Crippen molar-refractivity contribution in [3.63, 3.8) is 0 Å². The summed E-state index contributed by atoms with van der Waals surface area (Å²) in [5.41, 5.74) is 1.02. The third-order valence-corrected chi connectivity index (χ3v) is 2.85. The summed E-state index contributed by atoms with van der Waals surface area (Å²) in [6.45, 7) is 1.57. The first kappa shape index (κ1) is 14.6. The number of nitrogens with zero attached hydrogens (tertiary/aromatic N) is 1. The van der Waals surface area contributed by atoms with E-state index in [2.05, 4.69) is 10.3 Å². The van der Waals surface area contributed by atoms with Crippen LogP contribution in [0.4, 0.5) is 0 Å². The molecular weight excluding hydrogens is 276 g/mol. The van der Waals surface area contributed by atoms with Crippen molar-refractivity contribution in [1.29, 1.82) is 0 Å². The predicted octanol–water partition coefficient (Wildman–Crippen LogP) is 2.91. The van der Waals surface area contributed by atoms with Crippen LogP contribution in [0, 0.1) is 0 Å². The molecule has 0 unspecified atom stereocenters. The van der Waals surface area contributed by atoms with Gasteiger partial charge in [-0.15, -0.1) is 0 Å². The molecule has 106 valence electrons. The van der Waals surface area contributed by atoms with Crippen LogP contribution in [0.2, 0.25) is 5.02 Å². The second kappa shape index (κ2) is 7.72. The maximum Gasteiger partial charge on any atom is 0.232 e. The van der Waals surface area contributed by atoms with E-state index in [0.717, 1.165) is 17.9 Å². The first-order valence-corrected chi connectivity index (χ1v) is 6.77. The number of para-hydroxylation sites is 1. The van der Waals surface area contributed by atoms with Crippen LogP contribution in [0.1, 0.15) is 5.56 Å². The first-order chi connectivity index (χ1) is 9.79. The van der Waals surface area contributed by atoms with E-state index in [0.29, 0.717) is 24.1 Å². The van der Waals surface area contributed by atoms with Crippen LogP contribution in [0.25, 0.3) is 0 Å². The lowest BCUT2D eigenvalue weighted by Crippen LogP contribution is -2.10. The van der Waals surface area contributed by atoms with E-state index >= 15 is 0 Å². The number of pyridine rings is 1. The second-order valence-electron chi connectivity index (χ2n) is 4.17. The van der Waals surface area contributed by atoms with Crippen molar-refractivity contribution in [3.8, 4) is 11.6 Å². The number of nitrogens with one attached hydrogen (secondary N) is 1. The molecule has 2 rings (SSSR count). The highest BCUT2D eigenvalue weighted by atomic mass is 35.5. The Labute approximate surface area is 123 Å². The molecule has 0 amide bonds. The molecule has 1 N–H and O–H groups in total. The van der Waals surface area contributed by atoms with Crippen LogP contribution in [0.3, 0.4) is 0 Å². The molecule has 0 spiro atoms. The van der Waals surface area contributed by atoms with Crippen LogP contribution in [-0.4, -0.2) is 25.2 Å². The SMILES string of the molecule is CNCc1cnc(OCCOc2ccccc2)c(Cl)c1. The molecule has 1 aromatic carbocycles. The summed E-state index contributed by atoms with van der Waals surface area (Å²) in [4.78, 5) is 4.19. The van der Waals surface area contributed by atoms with E-state index < -0.39 is 0 Å². The zero-order valence-electron chi connectivity index (χ0n) is 11.3. The third kappa shape index (κ3) is 4.40. The Hall–Kier alpha value is -1.78. The highest BCUT2D eigenvalue weighted by molar-refractivity contribution is 6.31. The van der Waals surface area contributed by atoms with E-state index in [9.17, 15) is 0 Å². The van der Waals surface area contributed by atoms with Gasteiger partial charge in [0.05, 0.1) is 0 Å².